The number of rotatable bonds is 2. The third-order valence-corrected chi connectivity index (χ3v) is 3.57. The number of nitrogens with two attached hydrogens (primary N) is 1. The molecule has 0 saturated heterocycles. The van der Waals surface area contributed by atoms with Crippen LogP contribution in [0.3, 0.4) is 0 Å². The Balaban J connectivity index is 0.000000345. The lowest BCUT2D eigenvalue weighted by Crippen LogP contribution is -2.07. The predicted molar refractivity (Wildman–Crippen MR) is 109 cm³/mol. The Morgan fingerprint density at radius 1 is 1.15 bits per heavy atom. The van der Waals surface area contributed by atoms with Crippen molar-refractivity contribution in [2.75, 3.05) is 0 Å². The normalized spacial score (nSPS) is 10.1. The molecule has 0 bridgehead atoms. The van der Waals surface area contributed by atoms with E-state index in [0.29, 0.717) is 0 Å². The highest BCUT2D eigenvalue weighted by atomic mass is 79.9. The van der Waals surface area contributed by atoms with E-state index in [0.717, 1.165) is 20.9 Å². The summed E-state index contributed by atoms with van der Waals surface area (Å²) in [6, 6.07) is 1.90. The molecule has 0 spiro atoms. The topological polar surface area (TPSA) is 114 Å². The largest absolute Gasteiger partial charge is 0.324 e. The number of nitrogens with zero attached hydrogens (tertiary/aromatic N) is 6. The molecule has 0 radical (unpaired) electrons. The van der Waals surface area contributed by atoms with Crippen LogP contribution in [0.5, 0.6) is 0 Å². The molecule has 3 rings (SSSR count). The summed E-state index contributed by atoms with van der Waals surface area (Å²) in [7, 11) is 3.77. The van der Waals surface area contributed by atoms with Crippen molar-refractivity contribution in [3.8, 4) is 6.07 Å². The second-order valence-electron chi connectivity index (χ2n) is 4.93. The van der Waals surface area contributed by atoms with Gasteiger partial charge in [-0.1, -0.05) is 6.92 Å². The number of aryl methyl sites for hydroxylation is 2. The Hall–Kier alpha value is -1.96. The van der Waals surface area contributed by atoms with Crippen LogP contribution in [0, 0.1) is 11.3 Å². The Morgan fingerprint density at radius 2 is 1.73 bits per heavy atom. The fourth-order valence-corrected chi connectivity index (χ4v) is 2.09. The van der Waals surface area contributed by atoms with Gasteiger partial charge in [-0.05, 0) is 38.3 Å². The maximum absolute atomic E-state index is 7.32. The molecule has 3 aromatic rings. The van der Waals surface area contributed by atoms with Gasteiger partial charge in [0.25, 0.3) is 0 Å². The van der Waals surface area contributed by atoms with E-state index in [9.17, 15) is 0 Å². The van der Waals surface area contributed by atoms with Crippen molar-refractivity contribution in [2.24, 2.45) is 19.8 Å². The third-order valence-electron chi connectivity index (χ3n) is 2.73. The molecular weight excluding hydrogens is 464 g/mol. The summed E-state index contributed by atoms with van der Waals surface area (Å²) in [5.74, 6) is 0. The zero-order valence-corrected chi connectivity index (χ0v) is 18.4. The van der Waals surface area contributed by atoms with Gasteiger partial charge >= 0.3 is 0 Å². The first-order valence-corrected chi connectivity index (χ1v) is 9.25. The summed E-state index contributed by atoms with van der Waals surface area (Å²) >= 11 is 6.44. The van der Waals surface area contributed by atoms with Crippen molar-refractivity contribution in [2.45, 2.75) is 26.3 Å². The highest BCUT2D eigenvalue weighted by molar-refractivity contribution is 9.10. The molecule has 0 aliphatic heterocycles. The van der Waals surface area contributed by atoms with E-state index in [-0.39, 0.29) is 6.04 Å². The van der Waals surface area contributed by atoms with Crippen molar-refractivity contribution < 1.29 is 0 Å². The number of nitriles is 1. The molecular formula is C16H24Br2N8. The van der Waals surface area contributed by atoms with Crippen molar-refractivity contribution in [3.05, 3.63) is 51.7 Å². The molecule has 10 heteroatoms. The van der Waals surface area contributed by atoms with Crippen LogP contribution >= 0.6 is 31.9 Å². The van der Waals surface area contributed by atoms with Crippen molar-refractivity contribution >= 4 is 31.9 Å². The van der Waals surface area contributed by atoms with E-state index < -0.39 is 0 Å². The summed E-state index contributed by atoms with van der Waals surface area (Å²) in [6.45, 7) is 3.50. The Morgan fingerprint density at radius 3 is 1.96 bits per heavy atom. The smallest absolute Gasteiger partial charge is 0.0632 e. The van der Waals surface area contributed by atoms with Gasteiger partial charge in [-0.25, -0.2) is 0 Å². The lowest BCUT2D eigenvalue weighted by Gasteiger charge is -2.02. The lowest BCUT2D eigenvalue weighted by molar-refractivity contribution is 0.696. The quantitative estimate of drug-likeness (QED) is 0.571. The van der Waals surface area contributed by atoms with E-state index >= 15 is 0 Å². The number of halogens is 2. The number of nitrogens with one attached hydrogen (secondary N) is 1. The average molecular weight is 488 g/mol. The fraction of sp³-hybridized carbons (Fsp3) is 0.375. The highest BCUT2D eigenvalue weighted by Gasteiger charge is 2.03. The summed E-state index contributed by atoms with van der Waals surface area (Å²) in [5, 5.41) is 21.5. The summed E-state index contributed by atoms with van der Waals surface area (Å²) in [4.78, 5) is 0. The van der Waals surface area contributed by atoms with Gasteiger partial charge in [0.2, 0.25) is 0 Å². The summed E-state index contributed by atoms with van der Waals surface area (Å²) in [5.41, 5.74) is 6.87. The van der Waals surface area contributed by atoms with Crippen LogP contribution in [0.25, 0.3) is 0 Å². The van der Waals surface area contributed by atoms with Gasteiger partial charge in [0.15, 0.2) is 0 Å². The molecule has 0 fully saturated rings. The minimum Gasteiger partial charge on any atom is -0.324 e. The molecule has 0 aromatic carbocycles. The fourth-order valence-electron chi connectivity index (χ4n) is 1.49. The van der Waals surface area contributed by atoms with Gasteiger partial charge < -0.3 is 5.73 Å². The van der Waals surface area contributed by atoms with E-state index in [1.807, 2.05) is 32.7 Å². The Kier molecular flexibility index (Phi) is 13.2. The van der Waals surface area contributed by atoms with Gasteiger partial charge in [0.05, 0.1) is 33.6 Å². The maximum Gasteiger partial charge on any atom is 0.0632 e. The van der Waals surface area contributed by atoms with E-state index in [1.54, 1.807) is 34.0 Å². The molecule has 3 heterocycles. The molecule has 3 N–H and O–H groups in total. The number of aromatic nitrogens is 6. The second kappa shape index (κ2) is 14.2. The summed E-state index contributed by atoms with van der Waals surface area (Å²) in [6.07, 6.45) is 11.8. The molecule has 26 heavy (non-hydrogen) atoms. The Labute approximate surface area is 170 Å². The van der Waals surface area contributed by atoms with Crippen LogP contribution < -0.4 is 5.73 Å². The van der Waals surface area contributed by atoms with E-state index in [2.05, 4.69) is 59.2 Å². The first-order chi connectivity index (χ1) is 12.3. The average Bonchev–Trinajstić information content (AvgIpc) is 3.33. The molecule has 0 saturated carbocycles. The van der Waals surface area contributed by atoms with E-state index in [4.69, 9.17) is 11.0 Å². The van der Waals surface area contributed by atoms with Gasteiger partial charge in [-0.3, -0.25) is 14.5 Å². The zero-order chi connectivity index (χ0) is 19.9. The Bertz CT molecular complexity index is 726. The van der Waals surface area contributed by atoms with Gasteiger partial charge in [0.1, 0.15) is 0 Å². The molecule has 0 amide bonds. The van der Waals surface area contributed by atoms with E-state index in [1.165, 1.54) is 6.92 Å². The molecule has 8 nitrogen and oxygen atoms in total. The van der Waals surface area contributed by atoms with Crippen LogP contribution in [0.2, 0.25) is 0 Å². The number of hydrogen-bond donors (Lipinski definition) is 2. The van der Waals surface area contributed by atoms with Crippen LogP contribution in [-0.2, 0) is 14.1 Å². The number of hydrogen-bond acceptors (Lipinski definition) is 5. The minimum absolute atomic E-state index is 0.147. The van der Waals surface area contributed by atoms with Crippen molar-refractivity contribution in [1.29, 1.82) is 5.26 Å². The minimum atomic E-state index is 0.147. The number of H-pyrrole nitrogens is 1. The van der Waals surface area contributed by atoms with Gasteiger partial charge in [-0.2, -0.15) is 20.6 Å². The predicted octanol–water partition coefficient (Wildman–Crippen LogP) is 3.71. The van der Waals surface area contributed by atoms with Crippen LogP contribution in [-0.4, -0.2) is 29.8 Å². The van der Waals surface area contributed by atoms with Crippen LogP contribution in [0.15, 0.2) is 46.1 Å². The number of aromatic amines is 1. The van der Waals surface area contributed by atoms with Crippen molar-refractivity contribution in [3.63, 3.8) is 0 Å². The van der Waals surface area contributed by atoms with Gasteiger partial charge in [0, 0.05) is 51.2 Å². The summed E-state index contributed by atoms with van der Waals surface area (Å²) < 4.78 is 5.52. The first-order valence-electron chi connectivity index (χ1n) is 7.67. The molecule has 0 aliphatic rings. The molecule has 1 atom stereocenters. The third kappa shape index (κ3) is 11.6. The van der Waals surface area contributed by atoms with Crippen LogP contribution in [0.1, 0.15) is 31.9 Å². The van der Waals surface area contributed by atoms with Gasteiger partial charge in [-0.15, -0.1) is 0 Å². The molecule has 3 aromatic heterocycles. The molecule has 0 aliphatic carbocycles. The second-order valence-corrected chi connectivity index (χ2v) is 6.77. The zero-order valence-electron chi connectivity index (χ0n) is 15.3. The first kappa shape index (κ1) is 24.0. The van der Waals surface area contributed by atoms with Crippen LogP contribution in [0.4, 0.5) is 0 Å². The standard InChI is InChI=1S/C7H13N3.C4H5BrN2.C3H3BrN2.C2H3N/c1-3-7(8)6-4-9-10(2)5-6;1-7-3-4(5)2-6-7;4-3-1-5-6-2-3;1-2-3/h4-5,7H,3,8H2,1-2H3;2-3H,1H3;1-2H,(H,5,6);1H3. The molecule has 1 unspecified atom stereocenters. The molecule has 142 valence electrons. The lowest BCUT2D eigenvalue weighted by atomic mass is 10.1. The monoisotopic (exact) mass is 486 g/mol. The SMILES string of the molecule is Brc1cn[nH]c1.CC#N.CCC(N)c1cnn(C)c1.Cn1cc(Br)cn1. The highest BCUT2D eigenvalue weighted by Crippen LogP contribution is 2.10. The maximum atomic E-state index is 7.32. The van der Waals surface area contributed by atoms with Crippen molar-refractivity contribution in [1.82, 2.24) is 29.8 Å².